The van der Waals surface area contributed by atoms with Crippen LogP contribution in [0.5, 0.6) is 11.5 Å². The van der Waals surface area contributed by atoms with Gasteiger partial charge in [-0.15, -0.1) is 0 Å². The monoisotopic (exact) mass is 237 g/mol. The summed E-state index contributed by atoms with van der Waals surface area (Å²) < 4.78 is 20.9. The van der Waals surface area contributed by atoms with Crippen molar-refractivity contribution in [2.24, 2.45) is 0 Å². The summed E-state index contributed by atoms with van der Waals surface area (Å²) >= 11 is 0. The Labute approximate surface area is 100 Å². The molecule has 5 heteroatoms. The van der Waals surface area contributed by atoms with Crippen molar-refractivity contribution in [2.75, 3.05) is 27.9 Å². The highest BCUT2D eigenvalue weighted by molar-refractivity contribution is 5.47. The highest BCUT2D eigenvalue weighted by Crippen LogP contribution is 2.36. The van der Waals surface area contributed by atoms with Crippen LogP contribution in [0.1, 0.15) is 11.9 Å². The number of methoxy groups -OCH3 is 3. The van der Waals surface area contributed by atoms with Crippen molar-refractivity contribution >= 4 is 0 Å². The molecule has 17 heavy (non-hydrogen) atoms. The van der Waals surface area contributed by atoms with Crippen LogP contribution in [0.2, 0.25) is 0 Å². The lowest BCUT2D eigenvalue weighted by atomic mass is 10.1. The van der Waals surface area contributed by atoms with Gasteiger partial charge in [0, 0.05) is 14.2 Å². The molecule has 0 fully saturated rings. The first-order chi connectivity index (χ1) is 8.28. The third-order valence-electron chi connectivity index (χ3n) is 2.19. The molecule has 0 spiro atoms. The van der Waals surface area contributed by atoms with Crippen LogP contribution in [0.15, 0.2) is 18.2 Å². The zero-order chi connectivity index (χ0) is 12.7. The van der Waals surface area contributed by atoms with Crippen LogP contribution in [0.3, 0.4) is 0 Å². The fraction of sp³-hybridized carbons (Fsp3) is 0.417. The van der Waals surface area contributed by atoms with Crippen molar-refractivity contribution in [1.82, 2.24) is 0 Å². The van der Waals surface area contributed by atoms with Crippen LogP contribution in [-0.4, -0.2) is 27.9 Å². The van der Waals surface area contributed by atoms with Crippen molar-refractivity contribution in [2.45, 2.75) is 6.29 Å². The Morgan fingerprint density at radius 2 is 1.94 bits per heavy atom. The Hall–Kier alpha value is -1.77. The van der Waals surface area contributed by atoms with Crippen LogP contribution < -0.4 is 9.47 Å². The van der Waals surface area contributed by atoms with Gasteiger partial charge in [0.25, 0.3) is 0 Å². The molecule has 92 valence electrons. The predicted octanol–water partition coefficient (Wildman–Crippen LogP) is 1.89. The molecule has 5 nitrogen and oxygen atoms in total. The van der Waals surface area contributed by atoms with E-state index >= 15 is 0 Å². The maximum absolute atomic E-state index is 8.56. The molecule has 0 saturated heterocycles. The third kappa shape index (κ3) is 3.09. The minimum Gasteiger partial charge on any atom is -0.493 e. The molecule has 0 saturated carbocycles. The molecule has 0 bridgehead atoms. The van der Waals surface area contributed by atoms with Gasteiger partial charge in [-0.2, -0.15) is 5.26 Å². The molecule has 0 heterocycles. The van der Waals surface area contributed by atoms with E-state index in [1.165, 1.54) is 21.3 Å². The fourth-order valence-electron chi connectivity index (χ4n) is 1.49. The molecule has 0 aliphatic heterocycles. The first kappa shape index (κ1) is 13.3. The zero-order valence-electron chi connectivity index (χ0n) is 10.1. The molecule has 0 atom stereocenters. The zero-order valence-corrected chi connectivity index (χ0v) is 10.1. The van der Waals surface area contributed by atoms with E-state index in [1.807, 2.05) is 6.07 Å². The number of hydrogen-bond acceptors (Lipinski definition) is 5. The molecule has 0 radical (unpaired) electrons. The first-order valence-electron chi connectivity index (χ1n) is 5.00. The van der Waals surface area contributed by atoms with Crippen molar-refractivity contribution in [1.29, 1.82) is 5.26 Å². The highest BCUT2D eigenvalue weighted by atomic mass is 16.7. The standard InChI is InChI=1S/C12H15NO4/c1-14-10-6-4-5-9(12(15-2)16-3)11(10)17-8-7-13/h4-6,12H,8H2,1-3H3. The van der Waals surface area contributed by atoms with E-state index in [0.717, 1.165) is 0 Å². The lowest BCUT2D eigenvalue weighted by Gasteiger charge is -2.18. The number of para-hydroxylation sites is 1. The van der Waals surface area contributed by atoms with Crippen molar-refractivity contribution in [3.63, 3.8) is 0 Å². The van der Waals surface area contributed by atoms with Gasteiger partial charge in [-0.3, -0.25) is 0 Å². The fourth-order valence-corrected chi connectivity index (χ4v) is 1.49. The van der Waals surface area contributed by atoms with E-state index in [-0.39, 0.29) is 6.61 Å². The minimum atomic E-state index is -0.557. The topological polar surface area (TPSA) is 60.7 Å². The predicted molar refractivity (Wildman–Crippen MR) is 60.9 cm³/mol. The van der Waals surface area contributed by atoms with Gasteiger partial charge in [-0.25, -0.2) is 0 Å². The Morgan fingerprint density at radius 3 is 2.47 bits per heavy atom. The smallest absolute Gasteiger partial charge is 0.186 e. The van der Waals surface area contributed by atoms with E-state index in [1.54, 1.807) is 18.2 Å². The highest BCUT2D eigenvalue weighted by Gasteiger charge is 2.18. The molecule has 1 aromatic carbocycles. The summed E-state index contributed by atoms with van der Waals surface area (Å²) in [6.45, 7) is -0.0620. The van der Waals surface area contributed by atoms with Gasteiger partial charge in [-0.1, -0.05) is 6.07 Å². The molecule has 1 rings (SSSR count). The van der Waals surface area contributed by atoms with E-state index in [4.69, 9.17) is 24.2 Å². The summed E-state index contributed by atoms with van der Waals surface area (Å²) in [4.78, 5) is 0. The second kappa shape index (κ2) is 6.74. The average molecular weight is 237 g/mol. The van der Waals surface area contributed by atoms with Crippen LogP contribution in [-0.2, 0) is 9.47 Å². The third-order valence-corrected chi connectivity index (χ3v) is 2.19. The lowest BCUT2D eigenvalue weighted by molar-refractivity contribution is -0.107. The summed E-state index contributed by atoms with van der Waals surface area (Å²) in [5, 5.41) is 8.56. The van der Waals surface area contributed by atoms with Gasteiger partial charge in [-0.05, 0) is 12.1 Å². The molecule has 1 aromatic rings. The average Bonchev–Trinajstić information content (AvgIpc) is 2.38. The maximum atomic E-state index is 8.56. The summed E-state index contributed by atoms with van der Waals surface area (Å²) in [6, 6.07) is 7.26. The molecule has 0 aliphatic carbocycles. The molecular formula is C12H15NO4. The lowest BCUT2D eigenvalue weighted by Crippen LogP contribution is -2.08. The van der Waals surface area contributed by atoms with Crippen LogP contribution >= 0.6 is 0 Å². The number of hydrogen-bond donors (Lipinski definition) is 0. The van der Waals surface area contributed by atoms with E-state index in [0.29, 0.717) is 17.1 Å². The Kier molecular flexibility index (Phi) is 5.27. The second-order valence-electron chi connectivity index (χ2n) is 3.13. The number of ether oxygens (including phenoxy) is 4. The van der Waals surface area contributed by atoms with Crippen molar-refractivity contribution in [3.05, 3.63) is 23.8 Å². The van der Waals surface area contributed by atoms with Gasteiger partial charge in [0.2, 0.25) is 0 Å². The second-order valence-corrected chi connectivity index (χ2v) is 3.13. The molecule has 0 N–H and O–H groups in total. The van der Waals surface area contributed by atoms with Gasteiger partial charge in [0.05, 0.1) is 12.7 Å². The number of nitrogens with zero attached hydrogens (tertiary/aromatic N) is 1. The largest absolute Gasteiger partial charge is 0.493 e. The number of nitriles is 1. The quantitative estimate of drug-likeness (QED) is 0.707. The molecule has 0 amide bonds. The van der Waals surface area contributed by atoms with Gasteiger partial charge < -0.3 is 18.9 Å². The SMILES string of the molecule is COc1cccc(C(OC)OC)c1OCC#N. The van der Waals surface area contributed by atoms with Crippen LogP contribution in [0.25, 0.3) is 0 Å². The maximum Gasteiger partial charge on any atom is 0.186 e. The Bertz CT molecular complexity index is 396. The van der Waals surface area contributed by atoms with E-state index < -0.39 is 6.29 Å². The molecule has 0 aliphatic rings. The van der Waals surface area contributed by atoms with Gasteiger partial charge >= 0.3 is 0 Å². The van der Waals surface area contributed by atoms with Gasteiger partial charge in [0.1, 0.15) is 6.07 Å². The van der Waals surface area contributed by atoms with Gasteiger partial charge in [0.15, 0.2) is 24.4 Å². The number of rotatable bonds is 6. The number of benzene rings is 1. The molecule has 0 unspecified atom stereocenters. The first-order valence-corrected chi connectivity index (χ1v) is 5.00. The van der Waals surface area contributed by atoms with E-state index in [2.05, 4.69) is 0 Å². The normalized spacial score (nSPS) is 10.1. The summed E-state index contributed by atoms with van der Waals surface area (Å²) in [5.41, 5.74) is 0.685. The Morgan fingerprint density at radius 1 is 1.24 bits per heavy atom. The van der Waals surface area contributed by atoms with Crippen molar-refractivity contribution in [3.8, 4) is 17.6 Å². The summed E-state index contributed by atoms with van der Waals surface area (Å²) in [5.74, 6) is 1.00. The minimum absolute atomic E-state index is 0.0620. The van der Waals surface area contributed by atoms with Crippen LogP contribution in [0, 0.1) is 11.3 Å². The molecule has 0 aromatic heterocycles. The Balaban J connectivity index is 3.13. The molecular weight excluding hydrogens is 222 g/mol. The van der Waals surface area contributed by atoms with Crippen LogP contribution in [0.4, 0.5) is 0 Å². The summed E-state index contributed by atoms with van der Waals surface area (Å²) in [6.07, 6.45) is -0.557. The summed E-state index contributed by atoms with van der Waals surface area (Å²) in [7, 11) is 4.59. The van der Waals surface area contributed by atoms with E-state index in [9.17, 15) is 0 Å². The van der Waals surface area contributed by atoms with Crippen molar-refractivity contribution < 1.29 is 18.9 Å².